The SMILES string of the molecule is CC[C@H](O)[C@@H]1C(=O)N2C(C(=O)OCc3ccc([N+](=O)[O-])cc3)=C(SCCCS(=O)(=O)NCc3ccccc3)S[C@H]12. The van der Waals surface area contributed by atoms with Gasteiger partial charge in [-0.3, -0.25) is 19.8 Å². The number of hydrogen-bond acceptors (Lipinski definition) is 10. The smallest absolute Gasteiger partial charge is 0.357 e. The van der Waals surface area contributed by atoms with Crippen molar-refractivity contribution in [1.29, 1.82) is 0 Å². The van der Waals surface area contributed by atoms with Crippen molar-refractivity contribution in [2.24, 2.45) is 5.92 Å². The van der Waals surface area contributed by atoms with E-state index in [-0.39, 0.29) is 36.2 Å². The number of fused-ring (bicyclic) bond motifs is 1. The van der Waals surface area contributed by atoms with E-state index in [9.17, 15) is 33.2 Å². The van der Waals surface area contributed by atoms with E-state index in [1.807, 2.05) is 30.3 Å². The molecule has 14 heteroatoms. The highest BCUT2D eigenvalue weighted by atomic mass is 32.2. The van der Waals surface area contributed by atoms with Crippen LogP contribution in [0.25, 0.3) is 0 Å². The Labute approximate surface area is 240 Å². The number of ether oxygens (including phenoxy) is 1. The summed E-state index contributed by atoms with van der Waals surface area (Å²) in [7, 11) is -3.51. The number of benzene rings is 2. The van der Waals surface area contributed by atoms with Crippen LogP contribution in [0.2, 0.25) is 0 Å². The van der Waals surface area contributed by atoms with Crippen LogP contribution < -0.4 is 4.72 Å². The molecule has 40 heavy (non-hydrogen) atoms. The van der Waals surface area contributed by atoms with Crippen LogP contribution in [0.3, 0.4) is 0 Å². The summed E-state index contributed by atoms with van der Waals surface area (Å²) in [6.07, 6.45) is -0.148. The number of carbonyl (C=O) groups is 2. The van der Waals surface area contributed by atoms with Crippen LogP contribution in [0.5, 0.6) is 0 Å². The molecule has 2 aromatic rings. The fourth-order valence-corrected chi connectivity index (χ4v) is 8.33. The lowest BCUT2D eigenvalue weighted by molar-refractivity contribution is -0.384. The standard InChI is InChI=1S/C26H29N3O8S3/c1-2-20(30)21-23(31)28-22(25(32)37-16-18-9-11-19(12-10-18)29(33)34)26(39-24(21)28)38-13-6-14-40(35,36)27-15-17-7-4-3-5-8-17/h3-5,7-12,20-21,24,27,30H,2,6,13-16H2,1H3/t20-,21+,24+/m0/s1. The van der Waals surface area contributed by atoms with Crippen LogP contribution in [-0.4, -0.2) is 58.2 Å². The average molecular weight is 608 g/mol. The molecule has 11 nitrogen and oxygen atoms in total. The molecule has 4 rings (SSSR count). The van der Waals surface area contributed by atoms with Gasteiger partial charge in [0.25, 0.3) is 5.69 Å². The third-order valence-corrected chi connectivity index (χ3v) is 10.6. The van der Waals surface area contributed by atoms with Gasteiger partial charge in [0.05, 0.1) is 26.9 Å². The lowest BCUT2D eigenvalue weighted by atomic mass is 9.90. The molecule has 0 saturated carbocycles. The zero-order valence-corrected chi connectivity index (χ0v) is 24.0. The highest BCUT2D eigenvalue weighted by molar-refractivity contribution is 8.22. The van der Waals surface area contributed by atoms with Crippen molar-refractivity contribution in [1.82, 2.24) is 9.62 Å². The number of esters is 1. The maximum atomic E-state index is 13.1. The molecular weight excluding hydrogens is 579 g/mol. The van der Waals surface area contributed by atoms with Crippen molar-refractivity contribution in [3.05, 3.63) is 85.8 Å². The second kappa shape index (κ2) is 13.2. The maximum Gasteiger partial charge on any atom is 0.357 e. The molecule has 0 unspecified atom stereocenters. The number of amides is 1. The molecule has 1 amide bonds. The van der Waals surface area contributed by atoms with Gasteiger partial charge in [-0.25, -0.2) is 17.9 Å². The van der Waals surface area contributed by atoms with Crippen molar-refractivity contribution in [3.63, 3.8) is 0 Å². The van der Waals surface area contributed by atoms with Gasteiger partial charge < -0.3 is 9.84 Å². The van der Waals surface area contributed by atoms with Gasteiger partial charge in [0.15, 0.2) is 5.70 Å². The first kappa shape index (κ1) is 30.1. The fourth-order valence-electron chi connectivity index (χ4n) is 4.21. The Morgan fingerprint density at radius 1 is 1.20 bits per heavy atom. The van der Waals surface area contributed by atoms with Gasteiger partial charge in [-0.2, -0.15) is 0 Å². The molecule has 3 atom stereocenters. The average Bonchev–Trinajstić information content (AvgIpc) is 3.28. The number of β-lactam (4-membered cyclic amide) rings is 1. The molecule has 0 spiro atoms. The zero-order chi connectivity index (χ0) is 28.9. The second-order valence-corrected chi connectivity index (χ2v) is 13.6. The van der Waals surface area contributed by atoms with Crippen molar-refractivity contribution < 1.29 is 32.8 Å². The van der Waals surface area contributed by atoms with Gasteiger partial charge in [-0.15, -0.1) is 11.8 Å². The molecule has 0 aromatic heterocycles. The Bertz CT molecular complexity index is 1380. The van der Waals surface area contributed by atoms with Gasteiger partial charge in [0, 0.05) is 18.7 Å². The Balaban J connectivity index is 1.38. The number of nitro benzene ring substituents is 1. The van der Waals surface area contributed by atoms with Crippen LogP contribution in [0.4, 0.5) is 5.69 Å². The number of aliphatic hydroxyl groups is 1. The number of rotatable bonds is 14. The molecule has 0 radical (unpaired) electrons. The third kappa shape index (κ3) is 7.04. The van der Waals surface area contributed by atoms with Gasteiger partial charge in [-0.1, -0.05) is 49.0 Å². The number of aliphatic hydroxyl groups excluding tert-OH is 1. The van der Waals surface area contributed by atoms with Crippen LogP contribution in [-0.2, 0) is 37.5 Å². The number of sulfonamides is 1. The van der Waals surface area contributed by atoms with E-state index >= 15 is 0 Å². The van der Waals surface area contributed by atoms with Crippen LogP contribution in [0.15, 0.2) is 64.5 Å². The molecule has 2 N–H and O–H groups in total. The Hall–Kier alpha value is -2.91. The molecule has 2 aliphatic rings. The summed E-state index contributed by atoms with van der Waals surface area (Å²) in [5.41, 5.74) is 1.38. The van der Waals surface area contributed by atoms with Crippen molar-refractivity contribution in [2.75, 3.05) is 11.5 Å². The second-order valence-electron chi connectivity index (χ2n) is 9.18. The molecule has 214 valence electrons. The van der Waals surface area contributed by atoms with Crippen molar-refractivity contribution in [3.8, 4) is 0 Å². The minimum Gasteiger partial charge on any atom is -0.456 e. The fraction of sp³-hybridized carbons (Fsp3) is 0.385. The number of thioether (sulfide) groups is 2. The quantitative estimate of drug-likeness (QED) is 0.107. The van der Waals surface area contributed by atoms with E-state index in [2.05, 4.69) is 4.72 Å². The number of nitrogens with one attached hydrogen (secondary N) is 1. The minimum atomic E-state index is -3.51. The minimum absolute atomic E-state index is 0.0801. The van der Waals surface area contributed by atoms with E-state index in [4.69, 9.17) is 4.74 Å². The zero-order valence-electron chi connectivity index (χ0n) is 21.6. The first-order valence-electron chi connectivity index (χ1n) is 12.6. The summed E-state index contributed by atoms with van der Waals surface area (Å²) in [4.78, 5) is 37.7. The summed E-state index contributed by atoms with van der Waals surface area (Å²) < 4.78 is 33.4. The summed E-state index contributed by atoms with van der Waals surface area (Å²) in [5, 5.41) is 20.8. The Morgan fingerprint density at radius 2 is 1.90 bits per heavy atom. The van der Waals surface area contributed by atoms with Crippen LogP contribution in [0, 0.1) is 16.0 Å². The molecule has 1 saturated heterocycles. The number of hydrogen-bond donors (Lipinski definition) is 2. The molecule has 0 aliphatic carbocycles. The van der Waals surface area contributed by atoms with Crippen molar-refractivity contribution >= 4 is 51.1 Å². The third-order valence-electron chi connectivity index (χ3n) is 6.42. The predicted molar refractivity (Wildman–Crippen MR) is 152 cm³/mol. The topological polar surface area (TPSA) is 156 Å². The lowest BCUT2D eigenvalue weighted by Crippen LogP contribution is -2.61. The molecule has 0 bridgehead atoms. The summed E-state index contributed by atoms with van der Waals surface area (Å²) in [5.74, 6) is -1.46. The number of carbonyl (C=O) groups excluding carboxylic acids is 2. The van der Waals surface area contributed by atoms with Crippen LogP contribution in [0.1, 0.15) is 30.9 Å². The molecule has 2 aliphatic heterocycles. The normalized spacial score (nSPS) is 19.2. The number of non-ortho nitro benzene ring substituents is 1. The summed E-state index contributed by atoms with van der Waals surface area (Å²) >= 11 is 2.56. The van der Waals surface area contributed by atoms with E-state index < -0.39 is 38.3 Å². The van der Waals surface area contributed by atoms with Gasteiger partial charge in [-0.05, 0) is 41.9 Å². The van der Waals surface area contributed by atoms with E-state index in [1.54, 1.807) is 6.92 Å². The van der Waals surface area contributed by atoms with Gasteiger partial charge >= 0.3 is 5.97 Å². The monoisotopic (exact) mass is 607 g/mol. The summed E-state index contributed by atoms with van der Waals surface area (Å²) in [6, 6.07) is 14.8. The highest BCUT2D eigenvalue weighted by Gasteiger charge is 2.58. The van der Waals surface area contributed by atoms with Crippen molar-refractivity contribution in [2.45, 2.75) is 44.4 Å². The predicted octanol–water partition coefficient (Wildman–Crippen LogP) is 3.35. The molecule has 2 heterocycles. The number of nitro groups is 1. The van der Waals surface area contributed by atoms with E-state index in [1.165, 1.54) is 52.7 Å². The molecular formula is C26H29N3O8S3. The Morgan fingerprint density at radius 3 is 2.55 bits per heavy atom. The Kier molecular flexibility index (Phi) is 9.90. The lowest BCUT2D eigenvalue weighted by Gasteiger charge is -2.44. The largest absolute Gasteiger partial charge is 0.456 e. The van der Waals surface area contributed by atoms with Crippen LogP contribution >= 0.6 is 23.5 Å². The van der Waals surface area contributed by atoms with E-state index in [0.717, 1.165) is 5.56 Å². The summed E-state index contributed by atoms with van der Waals surface area (Å²) in [6.45, 7) is 1.82. The van der Waals surface area contributed by atoms with E-state index in [0.29, 0.717) is 28.4 Å². The molecule has 1 fully saturated rings. The molecule has 2 aromatic carbocycles. The van der Waals surface area contributed by atoms with Gasteiger partial charge in [0.2, 0.25) is 15.9 Å². The first-order chi connectivity index (χ1) is 19.1. The highest BCUT2D eigenvalue weighted by Crippen LogP contribution is 2.54. The number of nitrogens with zero attached hydrogens (tertiary/aromatic N) is 2. The van der Waals surface area contributed by atoms with Gasteiger partial charge in [0.1, 0.15) is 12.0 Å². The maximum absolute atomic E-state index is 13.1. The first-order valence-corrected chi connectivity index (χ1v) is 16.1.